The Kier molecular flexibility index (Phi) is 16.4. The number of hydrogen-bond acceptors (Lipinski definition) is 5. The van der Waals surface area contributed by atoms with Crippen molar-refractivity contribution in [1.29, 1.82) is 0 Å². The Morgan fingerprint density at radius 2 is 1.53 bits per heavy atom. The van der Waals surface area contributed by atoms with Gasteiger partial charge in [0.25, 0.3) is 0 Å². The predicted octanol–water partition coefficient (Wildman–Crippen LogP) is 8.98. The van der Waals surface area contributed by atoms with Gasteiger partial charge in [0.2, 0.25) is 11.8 Å². The summed E-state index contributed by atoms with van der Waals surface area (Å²) in [5.41, 5.74) is 3.59. The van der Waals surface area contributed by atoms with E-state index >= 15 is 0 Å². The molecule has 0 aliphatic heterocycles. The number of carbonyl (C=O) groups excluding carboxylic acids is 2. The van der Waals surface area contributed by atoms with E-state index in [4.69, 9.17) is 32.6 Å². The van der Waals surface area contributed by atoms with Gasteiger partial charge in [0, 0.05) is 39.5 Å². The first kappa shape index (κ1) is 37.5. The molecule has 1 aliphatic carbocycles. The number of amides is 2. The van der Waals surface area contributed by atoms with E-state index in [1.807, 2.05) is 36.2 Å². The zero-order chi connectivity index (χ0) is 32.7. The van der Waals surface area contributed by atoms with Crippen LogP contribution in [0.2, 0.25) is 10.0 Å². The van der Waals surface area contributed by atoms with Crippen molar-refractivity contribution in [2.24, 2.45) is 0 Å². The van der Waals surface area contributed by atoms with Gasteiger partial charge in [-0.15, -0.1) is 0 Å². The van der Waals surface area contributed by atoms with Crippen LogP contribution in [0.4, 0.5) is 0 Å². The number of unbranched alkanes of at least 4 members (excludes halogenated alkanes) is 8. The van der Waals surface area contributed by atoms with Crippen molar-refractivity contribution in [2.45, 2.75) is 102 Å². The average Bonchev–Trinajstić information content (AvgIpc) is 3.03. The summed E-state index contributed by atoms with van der Waals surface area (Å²) in [6.07, 6.45) is 12.1. The van der Waals surface area contributed by atoms with E-state index in [0.717, 1.165) is 89.7 Å². The monoisotopic (exact) mass is 682 g/mol. The summed E-state index contributed by atoms with van der Waals surface area (Å²) in [7, 11) is -0.790. The zero-order valence-electron chi connectivity index (χ0n) is 26.6. The number of hydrogen-bond donors (Lipinski definition) is 2. The molecule has 0 aromatic heterocycles. The van der Waals surface area contributed by atoms with Crippen molar-refractivity contribution in [3.05, 3.63) is 69.2 Å². The van der Waals surface area contributed by atoms with Gasteiger partial charge in [-0.1, -0.05) is 92.1 Å². The van der Waals surface area contributed by atoms with Crippen LogP contribution in [-0.2, 0) is 23.2 Å². The SMILES string of the molecule is COP(=O)(O)OCCCCCCCCCC(=O)NCCCCCC(=O)N(C)[C@@H]1CC[C@H](c2ccc(Cl)c(Cl)c2)c2ccccc21. The Morgan fingerprint density at radius 1 is 0.889 bits per heavy atom. The predicted molar refractivity (Wildman–Crippen MR) is 181 cm³/mol. The first-order valence-electron chi connectivity index (χ1n) is 16.2. The van der Waals surface area contributed by atoms with E-state index in [-0.39, 0.29) is 30.4 Å². The molecule has 3 rings (SSSR count). The number of benzene rings is 2. The van der Waals surface area contributed by atoms with Gasteiger partial charge < -0.3 is 15.1 Å². The van der Waals surface area contributed by atoms with Crippen LogP contribution in [-0.4, -0.2) is 48.9 Å². The highest BCUT2D eigenvalue weighted by molar-refractivity contribution is 7.47. The molecule has 0 heterocycles. The molecule has 11 heteroatoms. The standard InChI is InChI=1S/C34H49Cl2N2O6P/c1-38(32-22-20-27(28-15-11-12-16-29(28)32)26-19-21-30(35)31(36)25-26)34(40)18-10-8-13-23-37-33(39)17-9-6-4-3-5-7-14-24-44-45(41,42)43-2/h11-12,15-16,19,21,25,27,32H,3-10,13-14,17-18,20,22-24H2,1-2H3,(H,37,39)(H,41,42)/t27-,32-/m1/s1. The Morgan fingerprint density at radius 3 is 2.24 bits per heavy atom. The second kappa shape index (κ2) is 19.7. The van der Waals surface area contributed by atoms with E-state index in [9.17, 15) is 14.2 Å². The minimum absolute atomic E-state index is 0.0522. The molecule has 2 aromatic rings. The van der Waals surface area contributed by atoms with Gasteiger partial charge in [0.05, 0.1) is 22.7 Å². The molecular weight excluding hydrogens is 634 g/mol. The fourth-order valence-electron chi connectivity index (χ4n) is 5.99. The fourth-order valence-corrected chi connectivity index (χ4v) is 6.77. The Labute approximate surface area is 278 Å². The Bertz CT molecular complexity index is 1280. The first-order chi connectivity index (χ1) is 21.6. The van der Waals surface area contributed by atoms with Crippen LogP contribution >= 0.6 is 31.0 Å². The molecule has 1 aliphatic rings. The molecule has 0 saturated heterocycles. The maximum absolute atomic E-state index is 13.1. The lowest BCUT2D eigenvalue weighted by Crippen LogP contribution is -2.34. The average molecular weight is 684 g/mol. The lowest BCUT2D eigenvalue weighted by atomic mass is 9.76. The summed E-state index contributed by atoms with van der Waals surface area (Å²) in [6.45, 7) is 0.856. The van der Waals surface area contributed by atoms with Gasteiger partial charge in [-0.05, 0) is 67.3 Å². The maximum Gasteiger partial charge on any atom is 0.471 e. The van der Waals surface area contributed by atoms with Crippen molar-refractivity contribution in [1.82, 2.24) is 10.2 Å². The summed E-state index contributed by atoms with van der Waals surface area (Å²) in [4.78, 5) is 36.4. The van der Waals surface area contributed by atoms with Gasteiger partial charge in [-0.25, -0.2) is 4.57 Å². The summed E-state index contributed by atoms with van der Waals surface area (Å²) >= 11 is 12.5. The third-order valence-corrected chi connectivity index (χ3v) is 10.3. The second-order valence-corrected chi connectivity index (χ2v) is 14.2. The lowest BCUT2D eigenvalue weighted by Gasteiger charge is -2.37. The number of nitrogens with one attached hydrogen (secondary N) is 1. The quantitative estimate of drug-likeness (QED) is 0.107. The van der Waals surface area contributed by atoms with Crippen LogP contribution in [0.15, 0.2) is 42.5 Å². The van der Waals surface area contributed by atoms with Crippen LogP contribution in [0.25, 0.3) is 0 Å². The lowest BCUT2D eigenvalue weighted by molar-refractivity contribution is -0.132. The van der Waals surface area contributed by atoms with Gasteiger partial charge >= 0.3 is 7.82 Å². The number of rotatable bonds is 20. The van der Waals surface area contributed by atoms with Gasteiger partial charge in [-0.3, -0.25) is 18.6 Å². The molecule has 0 saturated carbocycles. The van der Waals surface area contributed by atoms with Crippen LogP contribution in [0.3, 0.4) is 0 Å². The molecule has 1 unspecified atom stereocenters. The summed E-state index contributed by atoms with van der Waals surface area (Å²) in [5, 5.41) is 4.12. The Balaban J connectivity index is 1.25. The van der Waals surface area contributed by atoms with Crippen LogP contribution in [0.1, 0.15) is 119 Å². The molecule has 45 heavy (non-hydrogen) atoms. The fraction of sp³-hybridized carbons (Fsp3) is 0.588. The molecule has 2 aromatic carbocycles. The van der Waals surface area contributed by atoms with Crippen molar-refractivity contribution in [3.8, 4) is 0 Å². The minimum atomic E-state index is -3.86. The number of fused-ring (bicyclic) bond motifs is 1. The molecule has 3 atom stereocenters. The number of phosphoric ester groups is 1. The molecular formula is C34H49Cl2N2O6P. The smallest absolute Gasteiger partial charge is 0.356 e. The maximum atomic E-state index is 13.1. The van der Waals surface area contributed by atoms with Gasteiger partial charge in [0.1, 0.15) is 0 Å². The van der Waals surface area contributed by atoms with Crippen molar-refractivity contribution < 1.29 is 28.1 Å². The highest BCUT2D eigenvalue weighted by Crippen LogP contribution is 2.44. The molecule has 0 radical (unpaired) electrons. The highest BCUT2D eigenvalue weighted by Gasteiger charge is 2.32. The van der Waals surface area contributed by atoms with E-state index in [0.29, 0.717) is 29.4 Å². The van der Waals surface area contributed by atoms with Crippen LogP contribution in [0.5, 0.6) is 0 Å². The van der Waals surface area contributed by atoms with E-state index in [1.165, 1.54) is 11.1 Å². The molecule has 2 amide bonds. The van der Waals surface area contributed by atoms with Crippen LogP contribution < -0.4 is 5.32 Å². The molecule has 2 N–H and O–H groups in total. The van der Waals surface area contributed by atoms with Gasteiger partial charge in [0.15, 0.2) is 0 Å². The van der Waals surface area contributed by atoms with Crippen molar-refractivity contribution in [3.63, 3.8) is 0 Å². The topological polar surface area (TPSA) is 105 Å². The molecule has 0 bridgehead atoms. The van der Waals surface area contributed by atoms with Gasteiger partial charge in [-0.2, -0.15) is 0 Å². The number of nitrogens with zero attached hydrogens (tertiary/aromatic N) is 1. The van der Waals surface area contributed by atoms with E-state index < -0.39 is 7.82 Å². The van der Waals surface area contributed by atoms with E-state index in [2.05, 4.69) is 28.0 Å². The van der Waals surface area contributed by atoms with Crippen LogP contribution in [0, 0.1) is 0 Å². The number of carbonyl (C=O) groups is 2. The first-order valence-corrected chi connectivity index (χ1v) is 18.5. The summed E-state index contributed by atoms with van der Waals surface area (Å²) in [6, 6.07) is 14.3. The summed E-state index contributed by atoms with van der Waals surface area (Å²) in [5.74, 6) is 0.466. The molecule has 0 spiro atoms. The third kappa shape index (κ3) is 12.7. The van der Waals surface area contributed by atoms with Crippen molar-refractivity contribution in [2.75, 3.05) is 27.3 Å². The molecule has 250 valence electrons. The van der Waals surface area contributed by atoms with Crippen molar-refractivity contribution >= 4 is 42.8 Å². The zero-order valence-corrected chi connectivity index (χ0v) is 29.1. The molecule has 8 nitrogen and oxygen atoms in total. The number of phosphoric acid groups is 1. The Hall–Kier alpha value is -1.93. The van der Waals surface area contributed by atoms with E-state index in [1.54, 1.807) is 0 Å². The normalized spacial score (nSPS) is 17.4. The minimum Gasteiger partial charge on any atom is -0.356 e. The second-order valence-electron chi connectivity index (χ2n) is 11.8. The molecule has 0 fully saturated rings. The largest absolute Gasteiger partial charge is 0.471 e. The highest BCUT2D eigenvalue weighted by atomic mass is 35.5. The summed E-state index contributed by atoms with van der Waals surface area (Å²) < 4.78 is 20.4. The number of halogens is 2. The third-order valence-electron chi connectivity index (χ3n) is 8.59.